The summed E-state index contributed by atoms with van der Waals surface area (Å²) in [6.45, 7) is 0. The molecule has 0 aromatic heterocycles. The van der Waals surface area contributed by atoms with Gasteiger partial charge in [-0.1, -0.05) is 97.1 Å². The van der Waals surface area contributed by atoms with Gasteiger partial charge in [0, 0.05) is 29.7 Å². The van der Waals surface area contributed by atoms with Crippen molar-refractivity contribution in [1.82, 2.24) is 0 Å². The van der Waals surface area contributed by atoms with E-state index in [1.54, 1.807) is 12.1 Å². The van der Waals surface area contributed by atoms with Gasteiger partial charge in [0.1, 0.15) is 11.6 Å². The van der Waals surface area contributed by atoms with Crippen LogP contribution in [0.3, 0.4) is 0 Å². The molecule has 8 rings (SSSR count). The fraction of sp³-hybridized carbons (Fsp3) is 0.119. The fourth-order valence-electron chi connectivity index (χ4n) is 7.10. The Kier molecular flexibility index (Phi) is 7.26. The molecule has 6 aromatic carbocycles. The van der Waals surface area contributed by atoms with Crippen molar-refractivity contribution in [2.45, 2.75) is 30.7 Å². The highest BCUT2D eigenvalue weighted by Gasteiger charge is 2.30. The fourth-order valence-corrected chi connectivity index (χ4v) is 7.10. The standard InChI is InChI=1S/C42H32F2N2/c43-33-17-11-29(12-18-33)41-25-35(27-7-3-1-4-8-27)37-23-31(15-21-39(37)45-41)32-16-22-40-38(24-32)36(28-9-5-2-6-10-28)26-42(46-40)30-13-19-34(44)20-14-30/h1-24,35-36,41,45H,25-26H2. The molecule has 2 nitrogen and oxygen atoms in total. The van der Waals surface area contributed by atoms with Gasteiger partial charge in [-0.25, -0.2) is 8.78 Å². The van der Waals surface area contributed by atoms with Gasteiger partial charge in [-0.2, -0.15) is 0 Å². The van der Waals surface area contributed by atoms with E-state index in [0.717, 1.165) is 52.2 Å². The van der Waals surface area contributed by atoms with Crippen LogP contribution in [0.2, 0.25) is 0 Å². The molecule has 0 aliphatic carbocycles. The zero-order chi connectivity index (χ0) is 31.0. The lowest BCUT2D eigenvalue weighted by molar-refractivity contribution is 0.597. The number of nitrogens with one attached hydrogen (secondary N) is 1. The molecule has 224 valence electrons. The van der Waals surface area contributed by atoms with Crippen LogP contribution in [0.1, 0.15) is 64.1 Å². The lowest BCUT2D eigenvalue weighted by Gasteiger charge is -2.34. The van der Waals surface area contributed by atoms with Gasteiger partial charge in [-0.3, -0.25) is 4.99 Å². The molecule has 0 spiro atoms. The molecule has 0 saturated heterocycles. The molecule has 0 saturated carbocycles. The van der Waals surface area contributed by atoms with Gasteiger partial charge in [-0.15, -0.1) is 0 Å². The second kappa shape index (κ2) is 11.9. The maximum absolute atomic E-state index is 13.7. The summed E-state index contributed by atoms with van der Waals surface area (Å²) >= 11 is 0. The summed E-state index contributed by atoms with van der Waals surface area (Å²) < 4.78 is 27.5. The molecule has 3 atom stereocenters. The van der Waals surface area contributed by atoms with E-state index in [0.29, 0.717) is 0 Å². The van der Waals surface area contributed by atoms with Gasteiger partial charge < -0.3 is 5.32 Å². The lowest BCUT2D eigenvalue weighted by atomic mass is 9.79. The second-order valence-electron chi connectivity index (χ2n) is 12.3. The number of hydrogen-bond donors (Lipinski definition) is 1. The summed E-state index contributed by atoms with van der Waals surface area (Å²) in [5, 5.41) is 3.75. The van der Waals surface area contributed by atoms with E-state index in [2.05, 4.69) is 96.3 Å². The number of hydrogen-bond acceptors (Lipinski definition) is 2. The van der Waals surface area contributed by atoms with Gasteiger partial charge in [-0.05, 0) is 99.5 Å². The van der Waals surface area contributed by atoms with Crippen LogP contribution < -0.4 is 5.32 Å². The van der Waals surface area contributed by atoms with Crippen LogP contribution in [0.5, 0.6) is 0 Å². The van der Waals surface area contributed by atoms with Crippen molar-refractivity contribution in [2.24, 2.45) is 4.99 Å². The Morgan fingerprint density at radius 2 is 1.09 bits per heavy atom. The SMILES string of the molecule is Fc1ccc(C2=Nc3ccc(-c4ccc5c(c4)C(c4ccccc4)CC(c4ccc(F)cc4)N5)cc3C(c3ccccc3)C2)cc1. The first-order valence-electron chi connectivity index (χ1n) is 15.8. The quantitative estimate of drug-likeness (QED) is 0.209. The van der Waals surface area contributed by atoms with Gasteiger partial charge in [0.25, 0.3) is 0 Å². The summed E-state index contributed by atoms with van der Waals surface area (Å²) in [5.41, 5.74) is 12.3. The van der Waals surface area contributed by atoms with Crippen LogP contribution in [0.15, 0.2) is 151 Å². The predicted molar refractivity (Wildman–Crippen MR) is 183 cm³/mol. The van der Waals surface area contributed by atoms with Gasteiger partial charge in [0.05, 0.1) is 11.7 Å². The first kappa shape index (κ1) is 28.1. The Morgan fingerprint density at radius 3 is 1.76 bits per heavy atom. The zero-order valence-corrected chi connectivity index (χ0v) is 25.2. The summed E-state index contributed by atoms with van der Waals surface area (Å²) in [5.74, 6) is -0.154. The minimum absolute atomic E-state index is 0.0766. The molecule has 0 bridgehead atoms. The number of aliphatic imine (C=N–C) groups is 1. The van der Waals surface area contributed by atoms with E-state index >= 15 is 0 Å². The van der Waals surface area contributed by atoms with Crippen LogP contribution in [0, 0.1) is 11.6 Å². The van der Waals surface area contributed by atoms with E-state index in [4.69, 9.17) is 4.99 Å². The summed E-state index contributed by atoms with van der Waals surface area (Å²) in [6, 6.07) is 48.1. The van der Waals surface area contributed by atoms with Crippen molar-refractivity contribution in [1.29, 1.82) is 0 Å². The minimum Gasteiger partial charge on any atom is -0.378 e. The number of nitrogens with zero attached hydrogens (tertiary/aromatic N) is 1. The number of halogens is 2. The Morgan fingerprint density at radius 1 is 0.522 bits per heavy atom. The average molecular weight is 603 g/mol. The van der Waals surface area contributed by atoms with Crippen molar-refractivity contribution in [3.05, 3.63) is 191 Å². The van der Waals surface area contributed by atoms with Gasteiger partial charge in [0.2, 0.25) is 0 Å². The molecule has 2 aliphatic rings. The molecule has 3 unspecified atom stereocenters. The molecule has 4 heteroatoms. The summed E-state index contributed by atoms with van der Waals surface area (Å²) in [4.78, 5) is 5.08. The Bertz CT molecular complexity index is 2040. The largest absolute Gasteiger partial charge is 0.378 e. The molecule has 2 heterocycles. The van der Waals surface area contributed by atoms with Crippen LogP contribution in [-0.2, 0) is 0 Å². The normalized spacial score (nSPS) is 18.6. The van der Waals surface area contributed by atoms with Crippen LogP contribution in [-0.4, -0.2) is 5.71 Å². The number of anilines is 1. The van der Waals surface area contributed by atoms with E-state index in [1.165, 1.54) is 34.4 Å². The predicted octanol–water partition coefficient (Wildman–Crippen LogP) is 11.0. The zero-order valence-electron chi connectivity index (χ0n) is 25.2. The lowest BCUT2D eigenvalue weighted by Crippen LogP contribution is -2.22. The number of rotatable bonds is 5. The third-order valence-electron chi connectivity index (χ3n) is 9.47. The van der Waals surface area contributed by atoms with E-state index in [-0.39, 0.29) is 29.5 Å². The third-order valence-corrected chi connectivity index (χ3v) is 9.47. The Hall–Kier alpha value is -5.35. The molecule has 46 heavy (non-hydrogen) atoms. The second-order valence-corrected chi connectivity index (χ2v) is 12.3. The maximum atomic E-state index is 13.7. The van der Waals surface area contributed by atoms with Crippen LogP contribution >= 0.6 is 0 Å². The molecule has 0 radical (unpaired) electrons. The first-order valence-corrected chi connectivity index (χ1v) is 15.8. The van der Waals surface area contributed by atoms with Crippen molar-refractivity contribution in [2.75, 3.05) is 5.32 Å². The van der Waals surface area contributed by atoms with Crippen molar-refractivity contribution in [3.8, 4) is 11.1 Å². The highest BCUT2D eigenvalue weighted by atomic mass is 19.1. The molecular formula is C42H32F2N2. The minimum atomic E-state index is -0.245. The number of fused-ring (bicyclic) bond motifs is 2. The summed E-state index contributed by atoms with van der Waals surface area (Å²) in [7, 11) is 0. The van der Waals surface area contributed by atoms with E-state index in [9.17, 15) is 8.78 Å². The summed E-state index contributed by atoms with van der Waals surface area (Å²) in [6.07, 6.45) is 1.61. The first-order chi connectivity index (χ1) is 22.6. The average Bonchev–Trinajstić information content (AvgIpc) is 3.11. The Labute approximate surface area is 268 Å². The van der Waals surface area contributed by atoms with Gasteiger partial charge >= 0.3 is 0 Å². The Balaban J connectivity index is 1.20. The van der Waals surface area contributed by atoms with Crippen molar-refractivity contribution >= 4 is 17.1 Å². The molecule has 0 amide bonds. The highest BCUT2D eigenvalue weighted by molar-refractivity contribution is 6.04. The monoisotopic (exact) mass is 602 g/mol. The van der Waals surface area contributed by atoms with Gasteiger partial charge in [0.15, 0.2) is 0 Å². The maximum Gasteiger partial charge on any atom is 0.123 e. The number of benzene rings is 6. The molecule has 1 N–H and O–H groups in total. The van der Waals surface area contributed by atoms with Crippen LogP contribution in [0.4, 0.5) is 20.2 Å². The topological polar surface area (TPSA) is 24.4 Å². The van der Waals surface area contributed by atoms with E-state index < -0.39 is 0 Å². The van der Waals surface area contributed by atoms with Crippen molar-refractivity contribution < 1.29 is 8.78 Å². The molecule has 2 aliphatic heterocycles. The van der Waals surface area contributed by atoms with Crippen LogP contribution in [0.25, 0.3) is 11.1 Å². The molecular weight excluding hydrogens is 570 g/mol. The molecule has 6 aromatic rings. The smallest absolute Gasteiger partial charge is 0.123 e. The third kappa shape index (κ3) is 5.41. The highest BCUT2D eigenvalue weighted by Crippen LogP contribution is 2.46. The van der Waals surface area contributed by atoms with Crippen molar-refractivity contribution in [3.63, 3.8) is 0 Å². The molecule has 0 fully saturated rings. The van der Waals surface area contributed by atoms with E-state index in [1.807, 2.05) is 30.3 Å².